The highest BCUT2D eigenvalue weighted by molar-refractivity contribution is 4.66. The molecule has 0 aliphatic carbocycles. The summed E-state index contributed by atoms with van der Waals surface area (Å²) >= 11 is 0. The first-order valence-electron chi connectivity index (χ1n) is 6.39. The van der Waals surface area contributed by atoms with Gasteiger partial charge in [0, 0.05) is 27.4 Å². The van der Waals surface area contributed by atoms with Crippen LogP contribution in [0, 0.1) is 0 Å². The van der Waals surface area contributed by atoms with Gasteiger partial charge in [0.2, 0.25) is 6.33 Å². The lowest BCUT2D eigenvalue weighted by molar-refractivity contribution is -0.697. The molecule has 4 heteroatoms. The molecular weight excluding hydrogens is 216 g/mol. The van der Waals surface area contributed by atoms with Crippen molar-refractivity contribution in [3.05, 3.63) is 18.7 Å². The second kappa shape index (κ2) is 9.19. The minimum Gasteiger partial charge on any atom is -0.385 e. The van der Waals surface area contributed by atoms with E-state index in [2.05, 4.69) is 27.9 Å². The first kappa shape index (κ1) is 14.2. The standard InChI is InChI=1S/C13H25N2O2/c1-16-11-5-3-7-14-9-10-15(13-14)8-4-6-12-17-2/h9-10,13H,3-8,11-12H2,1-2H3/q+1. The minimum absolute atomic E-state index is 0.859. The molecule has 4 nitrogen and oxygen atoms in total. The largest absolute Gasteiger partial charge is 0.385 e. The molecule has 0 unspecified atom stereocenters. The zero-order chi connectivity index (χ0) is 12.3. The Morgan fingerprint density at radius 3 is 2.41 bits per heavy atom. The fourth-order valence-electron chi connectivity index (χ4n) is 1.78. The van der Waals surface area contributed by atoms with Crippen LogP contribution >= 0.6 is 0 Å². The van der Waals surface area contributed by atoms with Crippen molar-refractivity contribution in [1.29, 1.82) is 0 Å². The fraction of sp³-hybridized carbons (Fsp3) is 0.769. The number of imidazole rings is 1. The lowest BCUT2D eigenvalue weighted by Crippen LogP contribution is -2.31. The van der Waals surface area contributed by atoms with E-state index in [0.717, 1.165) is 39.1 Å². The van der Waals surface area contributed by atoms with Crippen molar-refractivity contribution in [2.75, 3.05) is 27.4 Å². The molecule has 0 aliphatic rings. The molecule has 98 valence electrons. The van der Waals surface area contributed by atoms with Crippen LogP contribution < -0.4 is 4.57 Å². The summed E-state index contributed by atoms with van der Waals surface area (Å²) in [5.74, 6) is 0. The van der Waals surface area contributed by atoms with Crippen LogP contribution in [-0.2, 0) is 22.6 Å². The van der Waals surface area contributed by atoms with Crippen LogP contribution in [0.4, 0.5) is 0 Å². The molecule has 0 N–H and O–H groups in total. The second-order valence-electron chi connectivity index (χ2n) is 4.29. The molecule has 0 aromatic carbocycles. The number of aromatic nitrogens is 2. The Morgan fingerprint density at radius 2 is 1.71 bits per heavy atom. The van der Waals surface area contributed by atoms with Crippen molar-refractivity contribution < 1.29 is 14.0 Å². The van der Waals surface area contributed by atoms with Crippen LogP contribution in [-0.4, -0.2) is 32.0 Å². The van der Waals surface area contributed by atoms with E-state index in [0.29, 0.717) is 0 Å². The molecule has 1 aromatic heterocycles. The van der Waals surface area contributed by atoms with E-state index in [1.165, 1.54) is 12.8 Å². The number of nitrogens with zero attached hydrogens (tertiary/aromatic N) is 2. The Morgan fingerprint density at radius 1 is 1.00 bits per heavy atom. The van der Waals surface area contributed by atoms with Crippen molar-refractivity contribution in [1.82, 2.24) is 4.57 Å². The molecule has 0 aliphatic heterocycles. The normalized spacial score (nSPS) is 10.9. The monoisotopic (exact) mass is 241 g/mol. The van der Waals surface area contributed by atoms with Crippen molar-refractivity contribution in [3.8, 4) is 0 Å². The van der Waals surface area contributed by atoms with Gasteiger partial charge in [-0.05, 0) is 25.7 Å². The Kier molecular flexibility index (Phi) is 7.67. The summed E-state index contributed by atoms with van der Waals surface area (Å²) in [4.78, 5) is 0. The van der Waals surface area contributed by atoms with Crippen LogP contribution in [0.1, 0.15) is 25.7 Å². The van der Waals surface area contributed by atoms with E-state index >= 15 is 0 Å². The molecule has 1 rings (SSSR count). The zero-order valence-electron chi connectivity index (χ0n) is 11.1. The maximum absolute atomic E-state index is 5.03. The van der Waals surface area contributed by atoms with Gasteiger partial charge in [0.15, 0.2) is 0 Å². The SMILES string of the molecule is COCCCCn1cc[n+](CCCCOC)c1. The average Bonchev–Trinajstić information content (AvgIpc) is 2.78. The van der Waals surface area contributed by atoms with E-state index in [4.69, 9.17) is 9.47 Å². The van der Waals surface area contributed by atoms with Crippen molar-refractivity contribution in [2.24, 2.45) is 0 Å². The van der Waals surface area contributed by atoms with Gasteiger partial charge >= 0.3 is 0 Å². The fourth-order valence-corrected chi connectivity index (χ4v) is 1.78. The predicted molar refractivity (Wildman–Crippen MR) is 66.8 cm³/mol. The Balaban J connectivity index is 2.14. The van der Waals surface area contributed by atoms with Gasteiger partial charge in [0.25, 0.3) is 0 Å². The highest BCUT2D eigenvalue weighted by atomic mass is 16.5. The van der Waals surface area contributed by atoms with Crippen LogP contribution in [0.2, 0.25) is 0 Å². The lowest BCUT2D eigenvalue weighted by atomic mass is 10.3. The smallest absolute Gasteiger partial charge is 0.243 e. The van der Waals surface area contributed by atoms with Crippen molar-refractivity contribution in [2.45, 2.75) is 38.8 Å². The van der Waals surface area contributed by atoms with Gasteiger partial charge < -0.3 is 9.47 Å². The second-order valence-corrected chi connectivity index (χ2v) is 4.29. The van der Waals surface area contributed by atoms with Crippen molar-refractivity contribution >= 4 is 0 Å². The molecule has 0 amide bonds. The van der Waals surface area contributed by atoms with E-state index in [1.807, 2.05) is 0 Å². The van der Waals surface area contributed by atoms with Crippen LogP contribution in [0.5, 0.6) is 0 Å². The molecule has 0 atom stereocenters. The molecule has 1 aromatic rings. The molecule has 17 heavy (non-hydrogen) atoms. The van der Waals surface area contributed by atoms with Gasteiger partial charge in [-0.3, -0.25) is 0 Å². The van der Waals surface area contributed by atoms with E-state index in [-0.39, 0.29) is 0 Å². The quantitative estimate of drug-likeness (QED) is 0.460. The van der Waals surface area contributed by atoms with Gasteiger partial charge in [0.05, 0.1) is 13.1 Å². The summed E-state index contributed by atoms with van der Waals surface area (Å²) in [5.41, 5.74) is 0. The first-order chi connectivity index (χ1) is 8.36. The third kappa shape index (κ3) is 6.44. The number of methoxy groups -OCH3 is 2. The summed E-state index contributed by atoms with van der Waals surface area (Å²) in [5, 5.41) is 0. The number of hydrogen-bond donors (Lipinski definition) is 0. The third-order valence-corrected chi connectivity index (χ3v) is 2.78. The molecule has 0 radical (unpaired) electrons. The van der Waals surface area contributed by atoms with Gasteiger partial charge in [-0.25, -0.2) is 9.13 Å². The Hall–Kier alpha value is -0.870. The van der Waals surface area contributed by atoms with Crippen molar-refractivity contribution in [3.63, 3.8) is 0 Å². The zero-order valence-corrected chi connectivity index (χ0v) is 11.1. The molecule has 0 spiro atoms. The summed E-state index contributed by atoms with van der Waals surface area (Å²) < 4.78 is 14.6. The number of ether oxygens (including phenoxy) is 2. The molecular formula is C13H25N2O2+. The number of aryl methyl sites for hydroxylation is 2. The maximum Gasteiger partial charge on any atom is 0.243 e. The minimum atomic E-state index is 0.859. The van der Waals surface area contributed by atoms with E-state index < -0.39 is 0 Å². The van der Waals surface area contributed by atoms with Gasteiger partial charge in [-0.2, -0.15) is 0 Å². The average molecular weight is 241 g/mol. The molecule has 0 saturated heterocycles. The van der Waals surface area contributed by atoms with E-state index in [1.54, 1.807) is 14.2 Å². The van der Waals surface area contributed by atoms with Crippen LogP contribution in [0.25, 0.3) is 0 Å². The van der Waals surface area contributed by atoms with Crippen LogP contribution in [0.3, 0.4) is 0 Å². The first-order valence-corrected chi connectivity index (χ1v) is 6.39. The topological polar surface area (TPSA) is 27.3 Å². The maximum atomic E-state index is 5.03. The molecule has 0 bridgehead atoms. The number of hydrogen-bond acceptors (Lipinski definition) is 2. The highest BCUT2D eigenvalue weighted by Crippen LogP contribution is 1.95. The summed E-state index contributed by atoms with van der Waals surface area (Å²) in [6.45, 7) is 3.87. The van der Waals surface area contributed by atoms with Gasteiger partial charge in [-0.15, -0.1) is 0 Å². The van der Waals surface area contributed by atoms with Crippen LogP contribution in [0.15, 0.2) is 18.7 Å². The molecule has 0 saturated carbocycles. The Bertz CT molecular complexity index is 260. The van der Waals surface area contributed by atoms with Gasteiger partial charge in [0.1, 0.15) is 12.4 Å². The summed E-state index contributed by atoms with van der Waals surface area (Å²) in [7, 11) is 3.51. The summed E-state index contributed by atoms with van der Waals surface area (Å²) in [6.07, 6.45) is 11.1. The van der Waals surface area contributed by atoms with E-state index in [9.17, 15) is 0 Å². The molecule has 1 heterocycles. The summed E-state index contributed by atoms with van der Waals surface area (Å²) in [6, 6.07) is 0. The number of unbranched alkanes of at least 4 members (excludes halogenated alkanes) is 2. The van der Waals surface area contributed by atoms with Gasteiger partial charge in [-0.1, -0.05) is 0 Å². The lowest BCUT2D eigenvalue weighted by Gasteiger charge is -1.98. The Labute approximate surface area is 104 Å². The third-order valence-electron chi connectivity index (χ3n) is 2.78. The molecule has 0 fully saturated rings. The predicted octanol–water partition coefficient (Wildman–Crippen LogP) is 1.63. The number of rotatable bonds is 10. The highest BCUT2D eigenvalue weighted by Gasteiger charge is 2.02.